The predicted octanol–water partition coefficient (Wildman–Crippen LogP) is 2.29. The highest BCUT2D eigenvalue weighted by Crippen LogP contribution is 2.31. The van der Waals surface area contributed by atoms with E-state index in [2.05, 4.69) is 54.9 Å². The van der Waals surface area contributed by atoms with Crippen LogP contribution in [0.15, 0.2) is 18.2 Å². The highest BCUT2D eigenvalue weighted by Gasteiger charge is 2.40. The Kier molecular flexibility index (Phi) is 3.67. The summed E-state index contributed by atoms with van der Waals surface area (Å²) in [6.45, 7) is 11.3. The number of hydrogen-bond acceptors (Lipinski definition) is 6. The number of rotatable bonds is 9. The molecular formula is C18H27N3O3. The van der Waals surface area contributed by atoms with Crippen LogP contribution in [0.25, 0.3) is 0 Å². The molecule has 3 fully saturated rings. The van der Waals surface area contributed by atoms with Gasteiger partial charge in [0.1, 0.15) is 16.8 Å². The predicted molar refractivity (Wildman–Crippen MR) is 95.0 cm³/mol. The van der Waals surface area contributed by atoms with E-state index in [0.29, 0.717) is 0 Å². The third-order valence-electron chi connectivity index (χ3n) is 4.84. The van der Waals surface area contributed by atoms with E-state index in [4.69, 9.17) is 14.2 Å². The van der Waals surface area contributed by atoms with Crippen LogP contribution in [0.5, 0.6) is 0 Å². The van der Waals surface area contributed by atoms with E-state index in [1.807, 2.05) is 0 Å². The topological polar surface area (TPSA) is 73.7 Å². The second-order valence-electron chi connectivity index (χ2n) is 8.08. The van der Waals surface area contributed by atoms with Gasteiger partial charge in [-0.25, -0.2) is 0 Å². The van der Waals surface area contributed by atoms with Crippen molar-refractivity contribution in [2.75, 3.05) is 55.4 Å². The molecule has 0 amide bonds. The third kappa shape index (κ3) is 4.12. The highest BCUT2D eigenvalue weighted by atomic mass is 16.6. The molecule has 3 heterocycles. The first-order valence-electron chi connectivity index (χ1n) is 8.64. The van der Waals surface area contributed by atoms with E-state index in [1.54, 1.807) is 0 Å². The molecule has 0 radical (unpaired) electrons. The van der Waals surface area contributed by atoms with Gasteiger partial charge in [0.05, 0.1) is 19.8 Å². The summed E-state index contributed by atoms with van der Waals surface area (Å²) in [5, 5.41) is 10.5. The summed E-state index contributed by atoms with van der Waals surface area (Å²) in [5.41, 5.74) is 3.22. The summed E-state index contributed by atoms with van der Waals surface area (Å²) in [6, 6.07) is 6.41. The fraction of sp³-hybridized carbons (Fsp3) is 0.667. The van der Waals surface area contributed by atoms with Gasteiger partial charge in [-0.3, -0.25) is 0 Å². The zero-order valence-corrected chi connectivity index (χ0v) is 14.7. The van der Waals surface area contributed by atoms with E-state index in [1.165, 1.54) is 0 Å². The monoisotopic (exact) mass is 333 g/mol. The van der Waals surface area contributed by atoms with E-state index < -0.39 is 0 Å². The minimum atomic E-state index is -0.0122. The van der Waals surface area contributed by atoms with Gasteiger partial charge in [0, 0.05) is 36.7 Å². The quantitative estimate of drug-likeness (QED) is 0.602. The second-order valence-corrected chi connectivity index (χ2v) is 8.08. The Morgan fingerprint density at radius 3 is 1.12 bits per heavy atom. The van der Waals surface area contributed by atoms with Gasteiger partial charge in [0.2, 0.25) is 0 Å². The maximum absolute atomic E-state index is 5.45. The largest absolute Gasteiger partial charge is 0.382 e. The van der Waals surface area contributed by atoms with Crippen LogP contribution in [0, 0.1) is 0 Å². The number of anilines is 3. The Labute approximate surface area is 143 Å². The normalized spacial score (nSPS) is 36.1. The number of benzene rings is 1. The molecule has 0 bridgehead atoms. The number of ether oxygens (including phenoxy) is 3. The first kappa shape index (κ1) is 16.0. The smallest absolute Gasteiger partial charge is 0.106 e. The molecule has 0 aromatic heterocycles. The van der Waals surface area contributed by atoms with E-state index >= 15 is 0 Å². The standard InChI is InChI=1S/C18H27N3O3/c1-16(10-22-16)7-19-13-4-14(20-8-17(2)11-23-17)6-15(5-13)21-9-18(3)12-24-18/h4-6,19-21H,7-12H2,1-3H3. The average Bonchev–Trinajstić information content (AvgIpc) is 3.47. The van der Waals surface area contributed by atoms with Crippen LogP contribution in [0.1, 0.15) is 20.8 Å². The summed E-state index contributed by atoms with van der Waals surface area (Å²) in [4.78, 5) is 0. The van der Waals surface area contributed by atoms with Crippen LogP contribution in [0.3, 0.4) is 0 Å². The van der Waals surface area contributed by atoms with Crippen LogP contribution in [-0.4, -0.2) is 56.3 Å². The summed E-state index contributed by atoms with van der Waals surface area (Å²) >= 11 is 0. The van der Waals surface area contributed by atoms with Gasteiger partial charge in [0.25, 0.3) is 0 Å². The Hall–Kier alpha value is -1.50. The maximum Gasteiger partial charge on any atom is 0.106 e. The van der Waals surface area contributed by atoms with E-state index in [-0.39, 0.29) is 16.8 Å². The third-order valence-corrected chi connectivity index (χ3v) is 4.84. The second kappa shape index (κ2) is 5.51. The molecule has 0 spiro atoms. The minimum Gasteiger partial charge on any atom is -0.382 e. The van der Waals surface area contributed by atoms with Crippen molar-refractivity contribution in [3.63, 3.8) is 0 Å². The van der Waals surface area contributed by atoms with E-state index in [9.17, 15) is 0 Å². The van der Waals surface area contributed by atoms with Crippen molar-refractivity contribution < 1.29 is 14.2 Å². The first-order valence-corrected chi connectivity index (χ1v) is 8.64. The molecule has 3 saturated heterocycles. The molecule has 3 unspecified atom stereocenters. The summed E-state index contributed by atoms with van der Waals surface area (Å²) in [6.07, 6.45) is 0. The molecule has 4 rings (SSSR count). The summed E-state index contributed by atoms with van der Waals surface area (Å²) < 4.78 is 16.4. The van der Waals surface area contributed by atoms with E-state index in [0.717, 1.165) is 56.5 Å². The molecule has 1 aromatic rings. The van der Waals surface area contributed by atoms with Gasteiger partial charge in [-0.05, 0) is 39.0 Å². The van der Waals surface area contributed by atoms with Gasteiger partial charge in [-0.2, -0.15) is 0 Å². The number of nitrogens with one attached hydrogen (secondary N) is 3. The van der Waals surface area contributed by atoms with Crippen molar-refractivity contribution in [3.05, 3.63) is 18.2 Å². The van der Waals surface area contributed by atoms with Crippen LogP contribution < -0.4 is 16.0 Å². The molecule has 3 aliphatic heterocycles. The van der Waals surface area contributed by atoms with Gasteiger partial charge in [-0.1, -0.05) is 0 Å². The van der Waals surface area contributed by atoms with Crippen molar-refractivity contribution in [2.24, 2.45) is 0 Å². The highest BCUT2D eigenvalue weighted by molar-refractivity contribution is 5.67. The van der Waals surface area contributed by atoms with Crippen molar-refractivity contribution in [3.8, 4) is 0 Å². The SMILES string of the molecule is CC1(CNc2cc(NCC3(C)CO3)cc(NCC3(C)CO3)c2)CO1. The lowest BCUT2D eigenvalue weighted by atomic mass is 10.1. The van der Waals surface area contributed by atoms with Gasteiger partial charge in [0.15, 0.2) is 0 Å². The van der Waals surface area contributed by atoms with Gasteiger partial charge >= 0.3 is 0 Å². The molecule has 24 heavy (non-hydrogen) atoms. The number of epoxide rings is 3. The molecule has 3 N–H and O–H groups in total. The molecule has 6 heteroatoms. The lowest BCUT2D eigenvalue weighted by molar-refractivity contribution is 0.335. The lowest BCUT2D eigenvalue weighted by Gasteiger charge is -2.17. The molecule has 0 saturated carbocycles. The first-order chi connectivity index (χ1) is 11.4. The Balaban J connectivity index is 1.43. The van der Waals surface area contributed by atoms with Crippen LogP contribution in [0.2, 0.25) is 0 Å². The number of hydrogen-bond donors (Lipinski definition) is 3. The fourth-order valence-electron chi connectivity index (χ4n) is 2.48. The van der Waals surface area contributed by atoms with Crippen molar-refractivity contribution in [1.82, 2.24) is 0 Å². The van der Waals surface area contributed by atoms with Crippen LogP contribution >= 0.6 is 0 Å². The zero-order valence-electron chi connectivity index (χ0n) is 14.7. The average molecular weight is 333 g/mol. The molecular weight excluding hydrogens is 306 g/mol. The summed E-state index contributed by atoms with van der Waals surface area (Å²) in [7, 11) is 0. The molecule has 1 aromatic carbocycles. The minimum absolute atomic E-state index is 0.0122. The van der Waals surface area contributed by atoms with Crippen molar-refractivity contribution in [2.45, 2.75) is 37.6 Å². The molecule has 3 aliphatic rings. The Morgan fingerprint density at radius 1 is 0.667 bits per heavy atom. The summed E-state index contributed by atoms with van der Waals surface area (Å²) in [5.74, 6) is 0. The fourth-order valence-corrected chi connectivity index (χ4v) is 2.48. The van der Waals surface area contributed by atoms with Crippen molar-refractivity contribution >= 4 is 17.1 Å². The van der Waals surface area contributed by atoms with Crippen molar-refractivity contribution in [1.29, 1.82) is 0 Å². The molecule has 6 nitrogen and oxygen atoms in total. The molecule has 132 valence electrons. The molecule has 0 aliphatic carbocycles. The Bertz CT molecular complexity index is 524. The van der Waals surface area contributed by atoms with Gasteiger partial charge in [-0.15, -0.1) is 0 Å². The Morgan fingerprint density at radius 2 is 0.917 bits per heavy atom. The maximum atomic E-state index is 5.45. The van der Waals surface area contributed by atoms with Gasteiger partial charge < -0.3 is 30.2 Å². The van der Waals surface area contributed by atoms with Crippen LogP contribution in [0.4, 0.5) is 17.1 Å². The zero-order chi connectivity index (χ0) is 16.8. The van der Waals surface area contributed by atoms with Crippen LogP contribution in [-0.2, 0) is 14.2 Å². The lowest BCUT2D eigenvalue weighted by Crippen LogP contribution is -2.22. The molecule has 3 atom stereocenters.